The van der Waals surface area contributed by atoms with Gasteiger partial charge in [0.25, 0.3) is 0 Å². The highest BCUT2D eigenvalue weighted by Crippen LogP contribution is 2.34. The summed E-state index contributed by atoms with van der Waals surface area (Å²) in [4.78, 5) is 10.7. The Balaban J connectivity index is 2.05. The molecule has 0 aliphatic heterocycles. The van der Waals surface area contributed by atoms with E-state index >= 15 is 0 Å². The summed E-state index contributed by atoms with van der Waals surface area (Å²) in [5.74, 6) is -0.588. The van der Waals surface area contributed by atoms with Crippen LogP contribution in [0.15, 0.2) is 6.20 Å². The molecule has 3 N–H and O–H groups in total. The third-order valence-corrected chi connectivity index (χ3v) is 2.66. The van der Waals surface area contributed by atoms with Gasteiger partial charge in [0, 0.05) is 0 Å². The van der Waals surface area contributed by atoms with Gasteiger partial charge in [-0.15, -0.1) is 5.10 Å². The highest BCUT2D eigenvalue weighted by molar-refractivity contribution is 5.70. The van der Waals surface area contributed by atoms with Crippen molar-refractivity contribution in [2.24, 2.45) is 5.92 Å². The zero-order chi connectivity index (χ0) is 10.1. The van der Waals surface area contributed by atoms with E-state index < -0.39 is 5.97 Å². The molecule has 1 aliphatic carbocycles. The molecule has 0 spiro atoms. The van der Waals surface area contributed by atoms with Crippen molar-refractivity contribution in [1.29, 1.82) is 0 Å². The van der Waals surface area contributed by atoms with Gasteiger partial charge >= 0.3 is 5.97 Å². The van der Waals surface area contributed by atoms with Crippen LogP contribution in [0.2, 0.25) is 0 Å². The molecular weight excluding hydrogens is 184 g/mol. The fourth-order valence-corrected chi connectivity index (χ4v) is 1.89. The summed E-state index contributed by atoms with van der Waals surface area (Å²) in [6, 6.07) is 0.140. The molecule has 1 aromatic rings. The first-order chi connectivity index (χ1) is 6.66. The van der Waals surface area contributed by atoms with E-state index in [4.69, 9.17) is 10.8 Å². The van der Waals surface area contributed by atoms with E-state index in [-0.39, 0.29) is 12.0 Å². The van der Waals surface area contributed by atoms with Crippen molar-refractivity contribution in [2.75, 3.05) is 5.73 Å². The molecule has 1 aromatic heterocycles. The fourth-order valence-electron chi connectivity index (χ4n) is 1.89. The molecular formula is C8H12N4O2. The zero-order valence-electron chi connectivity index (χ0n) is 7.63. The number of rotatable bonds is 2. The van der Waals surface area contributed by atoms with Crippen LogP contribution in [-0.2, 0) is 4.79 Å². The Morgan fingerprint density at radius 2 is 2.43 bits per heavy atom. The van der Waals surface area contributed by atoms with E-state index in [1.165, 1.54) is 0 Å². The van der Waals surface area contributed by atoms with E-state index in [9.17, 15) is 4.79 Å². The second-order valence-corrected chi connectivity index (χ2v) is 3.63. The lowest BCUT2D eigenvalue weighted by molar-refractivity contribution is -0.141. The predicted molar refractivity (Wildman–Crippen MR) is 48.4 cm³/mol. The minimum atomic E-state index is -0.722. The van der Waals surface area contributed by atoms with E-state index in [1.54, 1.807) is 10.9 Å². The molecule has 0 bridgehead atoms. The predicted octanol–water partition coefficient (Wildman–Crippen LogP) is 0.286. The largest absolute Gasteiger partial charge is 0.481 e. The molecule has 0 radical (unpaired) electrons. The summed E-state index contributed by atoms with van der Waals surface area (Å²) in [5.41, 5.74) is 5.43. The monoisotopic (exact) mass is 196 g/mol. The van der Waals surface area contributed by atoms with Crippen LogP contribution >= 0.6 is 0 Å². The number of carboxylic acid groups (broad SMARTS) is 1. The standard InChI is InChI=1S/C8H12N4O2/c9-7-4-12(11-10-7)6-2-1-5(3-6)8(13)14/h4-6H,1-3,9H2,(H,13,14). The Kier molecular flexibility index (Phi) is 2.11. The molecule has 1 aliphatic rings. The lowest BCUT2D eigenvalue weighted by atomic mass is 10.1. The molecule has 0 amide bonds. The summed E-state index contributed by atoms with van der Waals surface area (Å²) < 4.78 is 1.66. The lowest BCUT2D eigenvalue weighted by Gasteiger charge is -2.07. The third kappa shape index (κ3) is 1.55. The number of aliphatic carboxylic acids is 1. The highest BCUT2D eigenvalue weighted by Gasteiger charge is 2.31. The molecule has 2 rings (SSSR count). The number of carboxylic acids is 1. The average molecular weight is 196 g/mol. The summed E-state index contributed by atoms with van der Waals surface area (Å²) in [6.07, 6.45) is 3.81. The van der Waals surface area contributed by atoms with Crippen LogP contribution in [0.1, 0.15) is 25.3 Å². The number of hydrogen-bond donors (Lipinski definition) is 2. The lowest BCUT2D eigenvalue weighted by Crippen LogP contribution is -2.11. The number of carbonyl (C=O) groups is 1. The van der Waals surface area contributed by atoms with E-state index in [2.05, 4.69) is 10.3 Å². The number of nitrogen functional groups attached to an aromatic ring is 1. The van der Waals surface area contributed by atoms with Crippen molar-refractivity contribution in [1.82, 2.24) is 15.0 Å². The van der Waals surface area contributed by atoms with Gasteiger partial charge in [0.2, 0.25) is 0 Å². The van der Waals surface area contributed by atoms with Crippen LogP contribution in [0.25, 0.3) is 0 Å². The minimum absolute atomic E-state index is 0.140. The smallest absolute Gasteiger partial charge is 0.306 e. The molecule has 1 fully saturated rings. The molecule has 6 nitrogen and oxygen atoms in total. The second kappa shape index (κ2) is 3.28. The van der Waals surface area contributed by atoms with Gasteiger partial charge < -0.3 is 10.8 Å². The van der Waals surface area contributed by atoms with E-state index in [0.29, 0.717) is 18.7 Å². The fraction of sp³-hybridized carbons (Fsp3) is 0.625. The molecule has 1 heterocycles. The Labute approximate surface area is 80.7 Å². The van der Waals surface area contributed by atoms with Crippen LogP contribution in [-0.4, -0.2) is 26.1 Å². The van der Waals surface area contributed by atoms with E-state index in [1.807, 2.05) is 0 Å². The topological polar surface area (TPSA) is 94.0 Å². The van der Waals surface area contributed by atoms with E-state index in [0.717, 1.165) is 6.42 Å². The van der Waals surface area contributed by atoms with Gasteiger partial charge in [-0.05, 0) is 19.3 Å². The first kappa shape index (κ1) is 8.98. The maximum absolute atomic E-state index is 10.7. The number of hydrogen-bond acceptors (Lipinski definition) is 4. The summed E-state index contributed by atoms with van der Waals surface area (Å²) in [5, 5.41) is 16.3. The quantitative estimate of drug-likeness (QED) is 0.708. The number of anilines is 1. The molecule has 1 saturated carbocycles. The van der Waals surface area contributed by atoms with Gasteiger partial charge in [0.05, 0.1) is 18.2 Å². The molecule has 76 valence electrons. The van der Waals surface area contributed by atoms with Crippen LogP contribution in [0.3, 0.4) is 0 Å². The molecule has 14 heavy (non-hydrogen) atoms. The Morgan fingerprint density at radius 1 is 1.64 bits per heavy atom. The van der Waals surface area contributed by atoms with Crippen molar-refractivity contribution in [3.8, 4) is 0 Å². The number of aromatic nitrogens is 3. The zero-order valence-corrected chi connectivity index (χ0v) is 7.63. The molecule has 6 heteroatoms. The first-order valence-corrected chi connectivity index (χ1v) is 4.57. The minimum Gasteiger partial charge on any atom is -0.481 e. The van der Waals surface area contributed by atoms with Crippen LogP contribution < -0.4 is 5.73 Å². The summed E-state index contributed by atoms with van der Waals surface area (Å²) >= 11 is 0. The van der Waals surface area contributed by atoms with Crippen molar-refractivity contribution in [2.45, 2.75) is 25.3 Å². The normalized spacial score (nSPS) is 26.6. The van der Waals surface area contributed by atoms with Gasteiger partial charge in [-0.3, -0.25) is 4.79 Å². The SMILES string of the molecule is Nc1cn(C2CCC(C(=O)O)C2)nn1. The molecule has 0 saturated heterocycles. The number of nitrogens with zero attached hydrogens (tertiary/aromatic N) is 3. The van der Waals surface area contributed by atoms with Crippen LogP contribution in [0, 0.1) is 5.92 Å². The maximum atomic E-state index is 10.7. The summed E-state index contributed by atoms with van der Waals surface area (Å²) in [6.45, 7) is 0. The van der Waals surface area contributed by atoms with Gasteiger partial charge in [-0.1, -0.05) is 5.21 Å². The Morgan fingerprint density at radius 3 is 2.93 bits per heavy atom. The Bertz CT molecular complexity index is 349. The molecule has 0 aromatic carbocycles. The van der Waals surface area contributed by atoms with Crippen LogP contribution in [0.4, 0.5) is 5.82 Å². The summed E-state index contributed by atoms with van der Waals surface area (Å²) in [7, 11) is 0. The van der Waals surface area contributed by atoms with Crippen molar-refractivity contribution < 1.29 is 9.90 Å². The number of nitrogens with two attached hydrogens (primary N) is 1. The molecule has 2 unspecified atom stereocenters. The maximum Gasteiger partial charge on any atom is 0.306 e. The van der Waals surface area contributed by atoms with Crippen molar-refractivity contribution in [3.05, 3.63) is 6.20 Å². The van der Waals surface area contributed by atoms with Crippen LogP contribution in [0.5, 0.6) is 0 Å². The first-order valence-electron chi connectivity index (χ1n) is 4.57. The van der Waals surface area contributed by atoms with Crippen molar-refractivity contribution >= 4 is 11.8 Å². The average Bonchev–Trinajstić information content (AvgIpc) is 2.70. The van der Waals surface area contributed by atoms with Gasteiger partial charge in [-0.2, -0.15) is 0 Å². The molecule has 2 atom stereocenters. The van der Waals surface area contributed by atoms with Gasteiger partial charge in [0.15, 0.2) is 5.82 Å². The van der Waals surface area contributed by atoms with Gasteiger partial charge in [0.1, 0.15) is 0 Å². The van der Waals surface area contributed by atoms with Gasteiger partial charge in [-0.25, -0.2) is 4.68 Å². The third-order valence-electron chi connectivity index (χ3n) is 2.66. The second-order valence-electron chi connectivity index (χ2n) is 3.63. The van der Waals surface area contributed by atoms with Crippen molar-refractivity contribution in [3.63, 3.8) is 0 Å². The Hall–Kier alpha value is -1.59. The highest BCUT2D eigenvalue weighted by atomic mass is 16.4.